The van der Waals surface area contributed by atoms with E-state index in [1.807, 2.05) is 36.6 Å². The first kappa shape index (κ1) is 18.9. The van der Waals surface area contributed by atoms with Crippen LogP contribution in [-0.2, 0) is 14.3 Å². The third kappa shape index (κ3) is 3.38. The molecule has 8 nitrogen and oxygen atoms in total. The normalized spacial score (nSPS) is 14.9. The number of ether oxygens (including phenoxy) is 1. The van der Waals surface area contributed by atoms with Crippen molar-refractivity contribution in [3.05, 3.63) is 58.5 Å². The SMILES string of the molecule is COC(=O)CN1C(=O)NC(=Cc2cc(C)n(-c3ccc(C#N)cc3)c2C)C1=O. The molecule has 0 aliphatic carbocycles. The second kappa shape index (κ2) is 7.40. The largest absolute Gasteiger partial charge is 0.468 e. The first-order chi connectivity index (χ1) is 13.3. The summed E-state index contributed by atoms with van der Waals surface area (Å²) >= 11 is 0. The van der Waals surface area contributed by atoms with Gasteiger partial charge in [-0.3, -0.25) is 9.59 Å². The highest BCUT2D eigenvalue weighted by molar-refractivity contribution is 6.15. The van der Waals surface area contributed by atoms with Crippen LogP contribution in [0.5, 0.6) is 0 Å². The Kier molecular flexibility index (Phi) is 5.00. The van der Waals surface area contributed by atoms with Crippen LogP contribution in [0, 0.1) is 25.2 Å². The van der Waals surface area contributed by atoms with Crippen LogP contribution in [0.3, 0.4) is 0 Å². The number of benzene rings is 1. The Labute approximate surface area is 161 Å². The maximum atomic E-state index is 12.4. The van der Waals surface area contributed by atoms with Crippen LogP contribution in [0.2, 0.25) is 0 Å². The van der Waals surface area contributed by atoms with Crippen LogP contribution >= 0.6 is 0 Å². The maximum absolute atomic E-state index is 12.4. The molecule has 2 heterocycles. The fourth-order valence-corrected chi connectivity index (χ4v) is 3.08. The average Bonchev–Trinajstić information content (AvgIpc) is 3.11. The molecule has 8 heteroatoms. The number of nitrogens with one attached hydrogen (secondary N) is 1. The van der Waals surface area contributed by atoms with Gasteiger partial charge in [0.2, 0.25) is 0 Å². The number of nitrogens with zero attached hydrogens (tertiary/aromatic N) is 3. The summed E-state index contributed by atoms with van der Waals surface area (Å²) in [6.07, 6.45) is 1.58. The quantitative estimate of drug-likeness (QED) is 0.498. The molecule has 1 aromatic heterocycles. The van der Waals surface area contributed by atoms with E-state index in [0.29, 0.717) is 5.56 Å². The fraction of sp³-hybridized carbons (Fsp3) is 0.200. The van der Waals surface area contributed by atoms with Gasteiger partial charge in [-0.2, -0.15) is 5.26 Å². The molecule has 0 radical (unpaired) electrons. The molecule has 0 atom stereocenters. The smallest absolute Gasteiger partial charge is 0.329 e. The summed E-state index contributed by atoms with van der Waals surface area (Å²) < 4.78 is 6.50. The van der Waals surface area contributed by atoms with E-state index in [0.717, 1.165) is 27.5 Å². The monoisotopic (exact) mass is 378 g/mol. The van der Waals surface area contributed by atoms with Crippen molar-refractivity contribution in [2.24, 2.45) is 0 Å². The molecule has 28 heavy (non-hydrogen) atoms. The maximum Gasteiger partial charge on any atom is 0.329 e. The molecule has 0 unspecified atom stereocenters. The van der Waals surface area contributed by atoms with Crippen molar-refractivity contribution < 1.29 is 19.1 Å². The summed E-state index contributed by atoms with van der Waals surface area (Å²) in [6, 6.07) is 10.5. The van der Waals surface area contributed by atoms with Crippen molar-refractivity contribution in [3.8, 4) is 11.8 Å². The van der Waals surface area contributed by atoms with Crippen LogP contribution in [-0.4, -0.2) is 41.0 Å². The van der Waals surface area contributed by atoms with Gasteiger partial charge in [0, 0.05) is 17.1 Å². The molecule has 1 aliphatic rings. The van der Waals surface area contributed by atoms with E-state index in [4.69, 9.17) is 5.26 Å². The molecular formula is C20H18N4O4. The number of aromatic nitrogens is 1. The van der Waals surface area contributed by atoms with E-state index < -0.39 is 24.5 Å². The zero-order valence-corrected chi connectivity index (χ0v) is 15.6. The number of aryl methyl sites for hydroxylation is 1. The highest BCUT2D eigenvalue weighted by atomic mass is 16.5. The van der Waals surface area contributed by atoms with Gasteiger partial charge in [0.15, 0.2) is 0 Å². The number of amides is 3. The molecule has 0 bridgehead atoms. The standard InChI is InChI=1S/C20H18N4O4/c1-12-8-15(13(2)24(12)16-6-4-14(10-21)5-7-16)9-17-19(26)23(20(27)22-17)11-18(25)28-3/h4-9H,11H2,1-3H3,(H,22,27). The van der Waals surface area contributed by atoms with E-state index in [9.17, 15) is 14.4 Å². The van der Waals surface area contributed by atoms with Crippen molar-refractivity contribution >= 4 is 24.0 Å². The topological polar surface area (TPSA) is 104 Å². The minimum Gasteiger partial charge on any atom is -0.468 e. The Morgan fingerprint density at radius 1 is 1.25 bits per heavy atom. The summed E-state index contributed by atoms with van der Waals surface area (Å²) in [5, 5.41) is 11.4. The van der Waals surface area contributed by atoms with Gasteiger partial charge in [0.1, 0.15) is 12.2 Å². The third-order valence-corrected chi connectivity index (χ3v) is 4.50. The molecule has 3 amide bonds. The van der Waals surface area contributed by atoms with Crippen molar-refractivity contribution in [2.75, 3.05) is 13.7 Å². The first-order valence-corrected chi connectivity index (χ1v) is 8.46. The summed E-state index contributed by atoms with van der Waals surface area (Å²) in [7, 11) is 1.19. The Bertz CT molecular complexity index is 1040. The first-order valence-electron chi connectivity index (χ1n) is 8.46. The molecule has 3 rings (SSSR count). The summed E-state index contributed by atoms with van der Waals surface area (Å²) in [5.74, 6) is -1.26. The second-order valence-corrected chi connectivity index (χ2v) is 6.28. The lowest BCUT2D eigenvalue weighted by atomic mass is 10.2. The Morgan fingerprint density at radius 2 is 1.93 bits per heavy atom. The summed E-state index contributed by atoms with van der Waals surface area (Å²) in [4.78, 5) is 36.6. The number of methoxy groups -OCH3 is 1. The van der Waals surface area contributed by atoms with E-state index in [2.05, 4.69) is 16.1 Å². The number of hydrogen-bond acceptors (Lipinski definition) is 5. The average molecular weight is 378 g/mol. The molecule has 0 spiro atoms. The van der Waals surface area contributed by atoms with E-state index in [1.54, 1.807) is 18.2 Å². The van der Waals surface area contributed by atoms with Gasteiger partial charge >= 0.3 is 12.0 Å². The molecule has 1 aliphatic heterocycles. The summed E-state index contributed by atoms with van der Waals surface area (Å²) in [5.41, 5.74) is 4.09. The summed E-state index contributed by atoms with van der Waals surface area (Å²) in [6.45, 7) is 3.37. The number of hydrogen-bond donors (Lipinski definition) is 1. The van der Waals surface area contributed by atoms with Crippen LogP contribution in [0.15, 0.2) is 36.0 Å². The molecular weight excluding hydrogens is 360 g/mol. The predicted octanol–water partition coefficient (Wildman–Crippen LogP) is 2.03. The lowest BCUT2D eigenvalue weighted by Crippen LogP contribution is -2.36. The van der Waals surface area contributed by atoms with Crippen molar-refractivity contribution in [1.82, 2.24) is 14.8 Å². The fourth-order valence-electron chi connectivity index (χ4n) is 3.08. The molecule has 2 aromatic rings. The number of rotatable bonds is 4. The number of carbonyl (C=O) groups excluding carboxylic acids is 3. The van der Waals surface area contributed by atoms with Crippen LogP contribution < -0.4 is 5.32 Å². The highest BCUT2D eigenvalue weighted by Gasteiger charge is 2.35. The van der Waals surface area contributed by atoms with Gasteiger partial charge in [-0.25, -0.2) is 9.69 Å². The van der Waals surface area contributed by atoms with Gasteiger partial charge in [-0.05, 0) is 55.8 Å². The van der Waals surface area contributed by atoms with Crippen LogP contribution in [0.4, 0.5) is 4.79 Å². The van der Waals surface area contributed by atoms with E-state index >= 15 is 0 Å². The Morgan fingerprint density at radius 3 is 2.54 bits per heavy atom. The Balaban J connectivity index is 1.93. The number of nitriles is 1. The van der Waals surface area contributed by atoms with Crippen molar-refractivity contribution in [2.45, 2.75) is 13.8 Å². The molecule has 1 fully saturated rings. The van der Waals surface area contributed by atoms with Gasteiger partial charge in [-0.1, -0.05) is 0 Å². The van der Waals surface area contributed by atoms with E-state index in [-0.39, 0.29) is 5.70 Å². The number of urea groups is 1. The molecule has 1 N–H and O–H groups in total. The lowest BCUT2D eigenvalue weighted by Gasteiger charge is -2.10. The molecule has 1 saturated heterocycles. The lowest BCUT2D eigenvalue weighted by molar-refractivity contribution is -0.143. The Hall–Kier alpha value is -3.86. The van der Waals surface area contributed by atoms with Gasteiger partial charge in [-0.15, -0.1) is 0 Å². The predicted molar refractivity (Wildman–Crippen MR) is 100 cm³/mol. The third-order valence-electron chi connectivity index (χ3n) is 4.50. The molecule has 142 valence electrons. The number of carbonyl (C=O) groups is 3. The molecule has 1 aromatic carbocycles. The highest BCUT2D eigenvalue weighted by Crippen LogP contribution is 2.24. The minimum atomic E-state index is -0.677. The van der Waals surface area contributed by atoms with Crippen LogP contribution in [0.1, 0.15) is 22.5 Å². The zero-order chi connectivity index (χ0) is 20.4. The molecule has 0 saturated carbocycles. The number of imide groups is 1. The van der Waals surface area contributed by atoms with Crippen molar-refractivity contribution in [1.29, 1.82) is 5.26 Å². The van der Waals surface area contributed by atoms with Gasteiger partial charge < -0.3 is 14.6 Å². The van der Waals surface area contributed by atoms with E-state index in [1.165, 1.54) is 7.11 Å². The van der Waals surface area contributed by atoms with Gasteiger partial charge in [0.05, 0.1) is 18.7 Å². The number of esters is 1. The minimum absolute atomic E-state index is 0.0916. The second-order valence-electron chi connectivity index (χ2n) is 6.28. The van der Waals surface area contributed by atoms with Gasteiger partial charge in [0.25, 0.3) is 5.91 Å². The zero-order valence-electron chi connectivity index (χ0n) is 15.6. The van der Waals surface area contributed by atoms with Crippen LogP contribution in [0.25, 0.3) is 11.8 Å². The van der Waals surface area contributed by atoms with Crippen molar-refractivity contribution in [3.63, 3.8) is 0 Å².